The molecular weight excluding hydrogens is 263 g/mol. The highest BCUT2D eigenvalue weighted by Gasteiger charge is 2.38. The molecule has 100 valence electrons. The quantitative estimate of drug-likeness (QED) is 0.754. The molecule has 1 saturated heterocycles. The molecule has 0 aliphatic carbocycles. The van der Waals surface area contributed by atoms with Gasteiger partial charge in [-0.25, -0.2) is 4.39 Å². The summed E-state index contributed by atoms with van der Waals surface area (Å²) in [7, 11) is 0. The third kappa shape index (κ3) is 2.50. The van der Waals surface area contributed by atoms with Crippen molar-refractivity contribution in [3.8, 4) is 0 Å². The van der Waals surface area contributed by atoms with Gasteiger partial charge in [0.2, 0.25) is 0 Å². The van der Waals surface area contributed by atoms with E-state index in [-0.39, 0.29) is 23.6 Å². The molecule has 0 aromatic heterocycles. The Morgan fingerprint density at radius 3 is 2.78 bits per heavy atom. The summed E-state index contributed by atoms with van der Waals surface area (Å²) in [4.78, 5) is 0. The first kappa shape index (κ1) is 13.7. The van der Waals surface area contributed by atoms with Crippen LogP contribution in [0.2, 0.25) is 5.02 Å². The smallest absolute Gasteiger partial charge is 0.147 e. The van der Waals surface area contributed by atoms with Crippen molar-refractivity contribution in [2.24, 2.45) is 0 Å². The fourth-order valence-corrected chi connectivity index (χ4v) is 2.25. The number of halogens is 2. The Kier molecular flexibility index (Phi) is 4.19. The van der Waals surface area contributed by atoms with Gasteiger partial charge in [0, 0.05) is 12.0 Å². The normalized spacial score (nSPS) is 32.5. The maximum absolute atomic E-state index is 13.9. The number of aliphatic hydroxyl groups excluding tert-OH is 3. The van der Waals surface area contributed by atoms with E-state index in [1.165, 1.54) is 18.2 Å². The Hall–Kier alpha value is -0.720. The summed E-state index contributed by atoms with van der Waals surface area (Å²) in [6.45, 7) is -0.303. The lowest BCUT2D eigenvalue weighted by molar-refractivity contribution is -0.180. The Morgan fingerprint density at radius 2 is 2.11 bits per heavy atom. The average molecular weight is 277 g/mol. The first-order chi connectivity index (χ1) is 8.54. The Morgan fingerprint density at radius 1 is 1.39 bits per heavy atom. The molecule has 1 aliphatic heterocycles. The van der Waals surface area contributed by atoms with E-state index in [9.17, 15) is 14.6 Å². The Labute approximate surface area is 109 Å². The molecule has 1 fully saturated rings. The van der Waals surface area contributed by atoms with E-state index < -0.39 is 30.2 Å². The van der Waals surface area contributed by atoms with Gasteiger partial charge in [-0.3, -0.25) is 0 Å². The number of benzene rings is 1. The summed E-state index contributed by atoms with van der Waals surface area (Å²) in [5, 5.41) is 28.5. The third-order valence-electron chi connectivity index (χ3n) is 3.04. The van der Waals surface area contributed by atoms with Crippen LogP contribution in [0.5, 0.6) is 0 Å². The minimum atomic E-state index is -1.25. The van der Waals surface area contributed by atoms with Crippen molar-refractivity contribution in [3.05, 3.63) is 34.6 Å². The maximum Gasteiger partial charge on any atom is 0.147 e. The van der Waals surface area contributed by atoms with Crippen LogP contribution in [0.1, 0.15) is 18.1 Å². The zero-order valence-electron chi connectivity index (χ0n) is 9.46. The predicted octanol–water partition coefficient (Wildman–Crippen LogP) is 1.02. The van der Waals surface area contributed by atoms with E-state index in [0.29, 0.717) is 0 Å². The van der Waals surface area contributed by atoms with Crippen LogP contribution in [0, 0.1) is 5.82 Å². The average Bonchev–Trinajstić information content (AvgIpc) is 2.36. The first-order valence-electron chi connectivity index (χ1n) is 5.61. The molecule has 4 nitrogen and oxygen atoms in total. The van der Waals surface area contributed by atoms with E-state index in [1.54, 1.807) is 0 Å². The van der Waals surface area contributed by atoms with Crippen LogP contribution in [0.4, 0.5) is 4.39 Å². The molecular formula is C12H14ClFO4. The summed E-state index contributed by atoms with van der Waals surface area (Å²) in [5.41, 5.74) is 0.0761. The van der Waals surface area contributed by atoms with E-state index >= 15 is 0 Å². The molecule has 1 aliphatic rings. The van der Waals surface area contributed by atoms with Crippen LogP contribution in [0.25, 0.3) is 0 Å². The third-order valence-corrected chi connectivity index (χ3v) is 3.33. The van der Waals surface area contributed by atoms with Gasteiger partial charge in [-0.05, 0) is 6.07 Å². The molecule has 1 aromatic rings. The zero-order chi connectivity index (χ0) is 13.3. The highest BCUT2D eigenvalue weighted by Crippen LogP contribution is 2.34. The molecule has 0 spiro atoms. The van der Waals surface area contributed by atoms with Gasteiger partial charge in [0.25, 0.3) is 0 Å². The lowest BCUT2D eigenvalue weighted by Gasteiger charge is -2.36. The van der Waals surface area contributed by atoms with Gasteiger partial charge in [0.05, 0.1) is 23.8 Å². The van der Waals surface area contributed by atoms with Crippen molar-refractivity contribution in [3.63, 3.8) is 0 Å². The van der Waals surface area contributed by atoms with Crippen LogP contribution < -0.4 is 0 Å². The fourth-order valence-electron chi connectivity index (χ4n) is 2.07. The molecule has 3 N–H and O–H groups in total. The number of rotatable bonds is 2. The topological polar surface area (TPSA) is 69.9 Å². The van der Waals surface area contributed by atoms with Crippen molar-refractivity contribution >= 4 is 11.6 Å². The summed E-state index contributed by atoms with van der Waals surface area (Å²) >= 11 is 5.66. The van der Waals surface area contributed by atoms with E-state index in [1.807, 2.05) is 0 Å². The molecule has 0 amide bonds. The highest BCUT2D eigenvalue weighted by molar-refractivity contribution is 6.30. The van der Waals surface area contributed by atoms with E-state index in [0.717, 1.165) is 0 Å². The summed E-state index contributed by atoms with van der Waals surface area (Å²) < 4.78 is 19.2. The van der Waals surface area contributed by atoms with Gasteiger partial charge in [-0.15, -0.1) is 0 Å². The molecule has 2 rings (SSSR count). The van der Waals surface area contributed by atoms with Gasteiger partial charge in [0.15, 0.2) is 0 Å². The second-order valence-electron chi connectivity index (χ2n) is 4.30. The zero-order valence-corrected chi connectivity index (χ0v) is 10.2. The molecule has 0 saturated carbocycles. The second-order valence-corrected chi connectivity index (χ2v) is 4.71. The van der Waals surface area contributed by atoms with Crippen LogP contribution >= 0.6 is 11.6 Å². The van der Waals surface area contributed by atoms with Gasteiger partial charge in [-0.1, -0.05) is 23.7 Å². The number of hydrogen-bond acceptors (Lipinski definition) is 4. The lowest BCUT2D eigenvalue weighted by atomic mass is 9.93. The van der Waals surface area contributed by atoms with E-state index in [2.05, 4.69) is 0 Å². The van der Waals surface area contributed by atoms with Crippen molar-refractivity contribution in [1.82, 2.24) is 0 Å². The molecule has 6 heteroatoms. The first-order valence-corrected chi connectivity index (χ1v) is 5.98. The standard InChI is InChI=1S/C12H14ClFO4/c13-8-3-1-2-7(10(8)14)12-11(17)9(16)4-6(5-15)18-12/h1-3,6,9,11-12,15-17H,4-5H2/t6?,9?,11?,12-/m1/s1. The van der Waals surface area contributed by atoms with Crippen LogP contribution in [0.3, 0.4) is 0 Å². The van der Waals surface area contributed by atoms with Crippen molar-refractivity contribution < 1.29 is 24.4 Å². The monoisotopic (exact) mass is 276 g/mol. The van der Waals surface area contributed by atoms with Gasteiger partial charge < -0.3 is 20.1 Å². The highest BCUT2D eigenvalue weighted by atomic mass is 35.5. The SMILES string of the molecule is OCC1CC(O)C(O)[C@@H](c2cccc(Cl)c2F)O1. The molecule has 1 aromatic carbocycles. The van der Waals surface area contributed by atoms with E-state index in [4.69, 9.17) is 21.4 Å². The number of ether oxygens (including phenoxy) is 1. The summed E-state index contributed by atoms with van der Waals surface area (Å²) in [5.74, 6) is -0.686. The predicted molar refractivity (Wildman–Crippen MR) is 62.7 cm³/mol. The van der Waals surface area contributed by atoms with Crippen molar-refractivity contribution in [1.29, 1.82) is 0 Å². The van der Waals surface area contributed by atoms with Crippen LogP contribution in [0.15, 0.2) is 18.2 Å². The molecule has 1 heterocycles. The number of aliphatic hydroxyl groups is 3. The Bertz CT molecular complexity index is 429. The lowest BCUT2D eigenvalue weighted by Crippen LogP contribution is -2.44. The largest absolute Gasteiger partial charge is 0.394 e. The molecule has 18 heavy (non-hydrogen) atoms. The van der Waals surface area contributed by atoms with Gasteiger partial charge in [0.1, 0.15) is 18.0 Å². The van der Waals surface area contributed by atoms with Crippen molar-refractivity contribution in [2.75, 3.05) is 6.61 Å². The molecule has 3 unspecified atom stereocenters. The molecule has 0 radical (unpaired) electrons. The summed E-state index contributed by atoms with van der Waals surface area (Å²) in [6.07, 6.45) is -3.88. The van der Waals surface area contributed by atoms with Gasteiger partial charge in [-0.2, -0.15) is 0 Å². The minimum Gasteiger partial charge on any atom is -0.394 e. The molecule has 4 atom stereocenters. The fraction of sp³-hybridized carbons (Fsp3) is 0.500. The van der Waals surface area contributed by atoms with Crippen molar-refractivity contribution in [2.45, 2.75) is 30.8 Å². The Balaban J connectivity index is 2.32. The van der Waals surface area contributed by atoms with Gasteiger partial charge >= 0.3 is 0 Å². The number of hydrogen-bond donors (Lipinski definition) is 3. The van der Waals surface area contributed by atoms with Crippen LogP contribution in [-0.4, -0.2) is 40.2 Å². The second kappa shape index (κ2) is 5.50. The minimum absolute atomic E-state index is 0.0761. The van der Waals surface area contributed by atoms with Crippen LogP contribution in [-0.2, 0) is 4.74 Å². The maximum atomic E-state index is 13.9. The summed E-state index contributed by atoms with van der Waals surface area (Å²) in [6, 6.07) is 4.35. The molecule has 0 bridgehead atoms.